The van der Waals surface area contributed by atoms with Crippen molar-refractivity contribution < 1.29 is 44.0 Å². The summed E-state index contributed by atoms with van der Waals surface area (Å²) in [7, 11) is 1.01. The summed E-state index contributed by atoms with van der Waals surface area (Å²) in [5.74, 6) is -0.308. The van der Waals surface area contributed by atoms with Crippen LogP contribution in [0.2, 0.25) is 6.04 Å². The van der Waals surface area contributed by atoms with Crippen LogP contribution < -0.4 is 0 Å². The van der Waals surface area contributed by atoms with Crippen LogP contribution in [0, 0.1) is 0 Å². The molecular weight excluding hydrogens is 404 g/mol. The van der Waals surface area contributed by atoms with Crippen LogP contribution >= 0.6 is 0 Å². The summed E-state index contributed by atoms with van der Waals surface area (Å²) in [5.41, 5.74) is 0. The van der Waals surface area contributed by atoms with Crippen LogP contribution in [-0.4, -0.2) is 86.3 Å². The topological polar surface area (TPSA) is 119 Å². The highest BCUT2D eigenvalue weighted by atomic mass is 32.2. The van der Waals surface area contributed by atoms with E-state index in [0.717, 1.165) is 0 Å². The molecule has 0 saturated heterocycles. The first-order valence-electron chi connectivity index (χ1n) is 6.44. The van der Waals surface area contributed by atoms with E-state index in [2.05, 4.69) is 0 Å². The van der Waals surface area contributed by atoms with Crippen LogP contribution in [0.25, 0.3) is 0 Å². The fourth-order valence-electron chi connectivity index (χ4n) is 1.53. The first kappa shape index (κ1) is 36.9. The third-order valence-electron chi connectivity index (χ3n) is 2.82. The molecule has 10 nitrogen and oxygen atoms in total. The van der Waals surface area contributed by atoms with Crippen molar-refractivity contribution in [1.29, 1.82) is 0 Å². The Balaban J connectivity index is -0.000000109. The van der Waals surface area contributed by atoms with Gasteiger partial charge in [0.05, 0.1) is 5.75 Å². The minimum absolute atomic E-state index is 0. The van der Waals surface area contributed by atoms with Crippen molar-refractivity contribution in [2.45, 2.75) is 34.7 Å². The van der Waals surface area contributed by atoms with Crippen molar-refractivity contribution in [2.75, 3.05) is 55.5 Å². The highest BCUT2D eigenvalue weighted by molar-refractivity contribution is 7.85. The lowest BCUT2D eigenvalue weighted by Gasteiger charge is -2.23. The second-order valence-electron chi connectivity index (χ2n) is 4.00. The molecule has 0 unspecified atom stereocenters. The van der Waals surface area contributed by atoms with E-state index in [1.807, 2.05) is 0 Å². The van der Waals surface area contributed by atoms with Crippen molar-refractivity contribution in [3.63, 3.8) is 0 Å². The molecule has 0 radical (unpaired) electrons. The summed E-state index contributed by atoms with van der Waals surface area (Å²) in [6, 6.07) is 0.357. The van der Waals surface area contributed by atoms with Crippen LogP contribution in [0.15, 0.2) is 0 Å². The summed E-state index contributed by atoms with van der Waals surface area (Å²) in [6.07, 6.45) is 0.251. The molecule has 0 heterocycles. The number of hydrogen-bond donors (Lipinski definition) is 1. The molecule has 26 heavy (non-hydrogen) atoms. The molecule has 0 spiro atoms. The predicted octanol–water partition coefficient (Wildman–Crippen LogP) is 2.06. The molecule has 0 rings (SSSR count). The molecule has 0 saturated carbocycles. The van der Waals surface area contributed by atoms with E-state index >= 15 is 0 Å². The minimum Gasteiger partial charge on any atom is -0.377 e. The van der Waals surface area contributed by atoms with Crippen molar-refractivity contribution in [3.05, 3.63) is 0 Å². The first-order chi connectivity index (χ1) is 10.6. The van der Waals surface area contributed by atoms with Gasteiger partial charge in [0.1, 0.15) is 0 Å². The SMILES string of the molecule is C.C.C.CO[Si](CCCS(=O)(=O)O)(OC)OC.CO[Si](OC)(OC)OC. The van der Waals surface area contributed by atoms with Crippen molar-refractivity contribution >= 4 is 28.0 Å². The first-order valence-corrected chi connectivity index (χ1v) is 11.6. The Hall–Kier alpha value is 0.0638. The largest absolute Gasteiger partial charge is 0.678 e. The van der Waals surface area contributed by atoms with Gasteiger partial charge in [0.15, 0.2) is 0 Å². The summed E-state index contributed by atoms with van der Waals surface area (Å²) < 4.78 is 64.0. The van der Waals surface area contributed by atoms with Gasteiger partial charge in [-0.05, 0) is 6.42 Å². The Kier molecular flexibility index (Phi) is 26.2. The molecule has 0 atom stereocenters. The van der Waals surface area contributed by atoms with E-state index in [4.69, 9.17) is 35.5 Å². The van der Waals surface area contributed by atoms with Crippen LogP contribution in [0.1, 0.15) is 28.7 Å². The van der Waals surface area contributed by atoms with Crippen molar-refractivity contribution in [3.8, 4) is 0 Å². The second kappa shape index (κ2) is 18.4. The normalized spacial score (nSPS) is 11.2. The van der Waals surface area contributed by atoms with E-state index < -0.39 is 28.0 Å². The Morgan fingerprint density at radius 3 is 1.15 bits per heavy atom. The molecule has 0 bridgehead atoms. The fraction of sp³-hybridized carbons (Fsp3) is 1.00. The third-order valence-corrected chi connectivity index (χ3v) is 8.45. The number of hydrogen-bond acceptors (Lipinski definition) is 9. The molecule has 0 aliphatic carbocycles. The monoisotopic (exact) mass is 444 g/mol. The number of rotatable bonds is 11. The maximum atomic E-state index is 10.4. The minimum atomic E-state index is -3.92. The summed E-state index contributed by atoms with van der Waals surface area (Å²) in [4.78, 5) is 0. The van der Waals surface area contributed by atoms with E-state index in [-0.39, 0.29) is 34.5 Å². The average molecular weight is 445 g/mol. The molecule has 0 amide bonds. The van der Waals surface area contributed by atoms with Crippen molar-refractivity contribution in [2.24, 2.45) is 0 Å². The fourth-order valence-corrected chi connectivity index (χ4v) is 5.01. The Morgan fingerprint density at radius 2 is 1.00 bits per heavy atom. The lowest BCUT2D eigenvalue weighted by molar-refractivity contribution is 0.0226. The van der Waals surface area contributed by atoms with E-state index in [9.17, 15) is 8.42 Å². The Bertz CT molecular complexity index is 361. The highest BCUT2D eigenvalue weighted by Gasteiger charge is 2.40. The Labute approximate surface area is 162 Å². The smallest absolute Gasteiger partial charge is 0.377 e. The second-order valence-corrected chi connectivity index (χ2v) is 11.3. The lowest BCUT2D eigenvalue weighted by atomic mass is 10.6. The molecule has 0 aromatic carbocycles. The molecule has 1 N–H and O–H groups in total. The van der Waals surface area contributed by atoms with Gasteiger partial charge in [-0.3, -0.25) is 4.55 Å². The summed E-state index contributed by atoms with van der Waals surface area (Å²) in [6.45, 7) is 0. The zero-order valence-electron chi connectivity index (χ0n) is 14.7. The predicted molar refractivity (Wildman–Crippen MR) is 107 cm³/mol. The molecule has 0 aliphatic heterocycles. The van der Waals surface area contributed by atoms with Crippen LogP contribution in [-0.2, 0) is 41.1 Å². The molecular formula is C13H40O10SSi2. The molecule has 0 aromatic heterocycles. The Morgan fingerprint density at radius 1 is 0.692 bits per heavy atom. The van der Waals surface area contributed by atoms with Gasteiger partial charge in [0, 0.05) is 55.8 Å². The van der Waals surface area contributed by atoms with E-state index in [1.54, 1.807) is 0 Å². The maximum absolute atomic E-state index is 10.4. The van der Waals surface area contributed by atoms with E-state index in [1.165, 1.54) is 49.8 Å². The molecule has 166 valence electrons. The van der Waals surface area contributed by atoms with E-state index in [0.29, 0.717) is 6.04 Å². The van der Waals surface area contributed by atoms with Gasteiger partial charge in [-0.2, -0.15) is 8.42 Å². The van der Waals surface area contributed by atoms with Crippen LogP contribution in [0.3, 0.4) is 0 Å². The summed E-state index contributed by atoms with van der Waals surface area (Å²) >= 11 is 0. The quantitative estimate of drug-likeness (QED) is 0.374. The van der Waals surface area contributed by atoms with Crippen LogP contribution in [0.4, 0.5) is 0 Å². The maximum Gasteiger partial charge on any atom is 0.678 e. The summed E-state index contributed by atoms with van der Waals surface area (Å²) in [5, 5.41) is 0. The molecule has 0 aliphatic rings. The molecule has 0 fully saturated rings. The third kappa shape index (κ3) is 15.2. The molecule has 0 aromatic rings. The van der Waals surface area contributed by atoms with Gasteiger partial charge >= 0.3 is 17.9 Å². The van der Waals surface area contributed by atoms with Gasteiger partial charge in [0.2, 0.25) is 0 Å². The average Bonchev–Trinajstić information content (AvgIpc) is 2.54. The van der Waals surface area contributed by atoms with Gasteiger partial charge in [-0.1, -0.05) is 22.3 Å². The van der Waals surface area contributed by atoms with Gasteiger partial charge < -0.3 is 31.0 Å². The van der Waals surface area contributed by atoms with Gasteiger partial charge in [-0.15, -0.1) is 0 Å². The molecule has 13 heteroatoms. The standard InChI is InChI=1S/C6H16O6SSi.C4H12O4Si.3CH4/c1-10-14(11-2,12-3)6-4-5-13(7,8)9;1-5-9(6-2,7-3)8-4;;;/h4-6H2,1-3H3,(H,7,8,9);1-4H3;3*1H4. The zero-order valence-corrected chi connectivity index (χ0v) is 17.5. The highest BCUT2D eigenvalue weighted by Crippen LogP contribution is 2.15. The van der Waals surface area contributed by atoms with Gasteiger partial charge in [0.25, 0.3) is 10.1 Å². The van der Waals surface area contributed by atoms with Crippen molar-refractivity contribution in [1.82, 2.24) is 0 Å². The lowest BCUT2D eigenvalue weighted by Crippen LogP contribution is -2.45. The zero-order chi connectivity index (χ0) is 18.6. The van der Waals surface area contributed by atoms with Gasteiger partial charge in [-0.25, -0.2) is 0 Å². The van der Waals surface area contributed by atoms with Crippen LogP contribution in [0.5, 0.6) is 0 Å².